The van der Waals surface area contributed by atoms with Gasteiger partial charge in [0.25, 0.3) is 11.8 Å². The molecule has 0 saturated carbocycles. The molecule has 3 aliphatic rings. The number of nitrogens with one attached hydrogen (secondary N) is 1. The Labute approximate surface area is 238 Å². The van der Waals surface area contributed by atoms with Crippen LogP contribution in [0.2, 0.25) is 0 Å². The summed E-state index contributed by atoms with van der Waals surface area (Å²) in [6.45, 7) is 1.30. The number of rotatable bonds is 6. The maximum atomic E-state index is 13.1. The summed E-state index contributed by atoms with van der Waals surface area (Å²) >= 11 is 0. The van der Waals surface area contributed by atoms with Crippen LogP contribution in [0, 0.1) is 0 Å². The molecule has 2 fully saturated rings. The molecule has 0 aromatic heterocycles. The summed E-state index contributed by atoms with van der Waals surface area (Å²) in [5, 5.41) is 86.9. The van der Waals surface area contributed by atoms with Crippen molar-refractivity contribution in [3.8, 4) is 23.0 Å². The first-order chi connectivity index (χ1) is 19.8. The third-order valence-corrected chi connectivity index (χ3v) is 7.28. The molecule has 3 aliphatic heterocycles. The number of phenols is 4. The first-order valence-electron chi connectivity index (χ1n) is 12.8. The molecule has 2 saturated heterocycles. The molecule has 0 bridgehead atoms. The second-order valence-corrected chi connectivity index (χ2v) is 9.88. The molecule has 3 amide bonds. The van der Waals surface area contributed by atoms with Crippen molar-refractivity contribution < 1.29 is 64.7 Å². The number of imide groups is 1. The Morgan fingerprint density at radius 2 is 1.50 bits per heavy atom. The summed E-state index contributed by atoms with van der Waals surface area (Å²) < 4.78 is 10.7. The predicted molar refractivity (Wildman–Crippen MR) is 139 cm³/mol. The average molecular weight is 594 g/mol. The molecule has 16 heteroatoms. The first kappa shape index (κ1) is 30.3. The highest BCUT2D eigenvalue weighted by molar-refractivity contribution is 6.05. The Morgan fingerprint density at radius 3 is 2.10 bits per heavy atom. The number of benzene rings is 1. The normalized spacial score (nSPS) is 27.5. The van der Waals surface area contributed by atoms with Crippen LogP contribution in [0.25, 0.3) is 0 Å². The highest BCUT2D eigenvalue weighted by atomic mass is 16.5. The monoisotopic (exact) mass is 593 g/mol. The summed E-state index contributed by atoms with van der Waals surface area (Å²) in [6, 6.07) is 0. The first-order valence-corrected chi connectivity index (χ1v) is 12.8. The molecule has 1 aromatic carbocycles. The van der Waals surface area contributed by atoms with E-state index in [-0.39, 0.29) is 18.5 Å². The number of amides is 3. The van der Waals surface area contributed by atoms with E-state index in [0.717, 1.165) is 13.0 Å². The van der Waals surface area contributed by atoms with Crippen LogP contribution < -0.4 is 5.32 Å². The van der Waals surface area contributed by atoms with E-state index < -0.39 is 100 Å². The van der Waals surface area contributed by atoms with Crippen molar-refractivity contribution in [1.82, 2.24) is 15.1 Å². The van der Waals surface area contributed by atoms with E-state index in [1.807, 2.05) is 10.2 Å². The van der Waals surface area contributed by atoms with Crippen molar-refractivity contribution in [2.75, 3.05) is 32.8 Å². The fourth-order valence-corrected chi connectivity index (χ4v) is 4.67. The molecule has 16 nitrogen and oxygen atoms in total. The number of aliphatic hydroxyl groups excluding tert-OH is 3. The Balaban J connectivity index is 1.67. The number of morpholine rings is 1. The Kier molecular flexibility index (Phi) is 8.42. The zero-order valence-electron chi connectivity index (χ0n) is 22.5. The summed E-state index contributed by atoms with van der Waals surface area (Å²) in [4.78, 5) is 39.7. The summed E-state index contributed by atoms with van der Waals surface area (Å²) in [6.07, 6.45) is 0.122. The minimum Gasteiger partial charge on any atom is -0.504 e. The third-order valence-electron chi connectivity index (χ3n) is 7.28. The molecule has 1 unspecified atom stereocenters. The number of piperidine rings is 1. The zero-order chi connectivity index (χ0) is 30.9. The molecule has 228 valence electrons. The maximum Gasteiger partial charge on any atom is 0.279 e. The zero-order valence-corrected chi connectivity index (χ0v) is 22.5. The highest BCUT2D eigenvalue weighted by Crippen LogP contribution is 2.47. The van der Waals surface area contributed by atoms with Gasteiger partial charge in [0, 0.05) is 39.0 Å². The lowest BCUT2D eigenvalue weighted by atomic mass is 9.98. The summed E-state index contributed by atoms with van der Waals surface area (Å²) in [5.74, 6) is -10.3. The lowest BCUT2D eigenvalue weighted by Crippen LogP contribution is -2.64. The number of phenolic OH excluding ortho intramolecular Hbond substituents is 4. The van der Waals surface area contributed by atoms with E-state index in [9.17, 15) is 55.2 Å². The maximum absolute atomic E-state index is 13.1. The van der Waals surface area contributed by atoms with Crippen LogP contribution in [0.5, 0.6) is 23.0 Å². The van der Waals surface area contributed by atoms with Crippen molar-refractivity contribution in [3.05, 3.63) is 45.8 Å². The number of ether oxygens (including phenoxy) is 2. The molecular formula is C26H31N3O13. The minimum absolute atomic E-state index is 0.0251. The predicted octanol–water partition coefficient (Wildman–Crippen LogP) is -0.131. The van der Waals surface area contributed by atoms with Gasteiger partial charge in [-0.1, -0.05) is 0 Å². The van der Waals surface area contributed by atoms with E-state index in [1.54, 1.807) is 0 Å². The van der Waals surface area contributed by atoms with Crippen LogP contribution in [-0.2, 0) is 37.0 Å². The van der Waals surface area contributed by atoms with Gasteiger partial charge in [-0.3, -0.25) is 29.5 Å². The number of hydrogen-bond acceptors (Lipinski definition) is 14. The number of aliphatic hydroxyl groups is 4. The van der Waals surface area contributed by atoms with Crippen LogP contribution in [0.1, 0.15) is 30.9 Å². The standard InChI is InChI=1S/C26H31N3O13/c1-12-17(31)23(37)22(36)15(3-5-29(24(12)38)26(40)4-2-16(30)27-25(26)39)42-11-14-20(34)18(32)13(19(33)21(14)35)10-28-6-8-41-9-7-28/h3,31-37,40H,2,4-11H2,1H3,(H,27,30,39)/b15-3-,17-12-,23-22-. The number of carbonyl (C=O) groups is 3. The van der Waals surface area contributed by atoms with Crippen LogP contribution in [0.3, 0.4) is 0 Å². The van der Waals surface area contributed by atoms with Crippen molar-refractivity contribution in [3.63, 3.8) is 0 Å². The molecule has 0 radical (unpaired) electrons. The summed E-state index contributed by atoms with van der Waals surface area (Å²) in [7, 11) is 0. The van der Waals surface area contributed by atoms with E-state index in [4.69, 9.17) is 9.47 Å². The molecule has 0 spiro atoms. The molecule has 0 aliphatic carbocycles. The molecule has 1 aromatic rings. The van der Waals surface area contributed by atoms with E-state index >= 15 is 0 Å². The SMILES string of the molecule is C\C1=C(O)/C(O)=C(O)\C(OCc2c(O)c(O)c(CN3CCOCC3)c(O)c2O)=C\CN(C2(O)CCC(=O)NC2=O)C1=O. The second kappa shape index (κ2) is 11.7. The van der Waals surface area contributed by atoms with Crippen molar-refractivity contribution in [1.29, 1.82) is 0 Å². The number of carbonyl (C=O) groups excluding carboxylic acids is 3. The lowest BCUT2D eigenvalue weighted by Gasteiger charge is -2.39. The van der Waals surface area contributed by atoms with Gasteiger partial charge in [-0.2, -0.15) is 0 Å². The van der Waals surface area contributed by atoms with Gasteiger partial charge in [-0.05, 0) is 13.0 Å². The fraction of sp³-hybridized carbons (Fsp3) is 0.423. The number of hydrogen-bond donors (Lipinski definition) is 9. The van der Waals surface area contributed by atoms with Gasteiger partial charge in [0.05, 0.1) is 29.9 Å². The smallest absolute Gasteiger partial charge is 0.279 e. The Bertz CT molecular complexity index is 1380. The molecule has 4 rings (SSSR count). The van der Waals surface area contributed by atoms with Crippen LogP contribution in [0.4, 0.5) is 0 Å². The number of nitrogens with zero attached hydrogens (tertiary/aromatic N) is 2. The average Bonchev–Trinajstić information content (AvgIpc) is 3.00. The quantitative estimate of drug-likeness (QED) is 0.118. The molecular weight excluding hydrogens is 562 g/mol. The molecule has 42 heavy (non-hydrogen) atoms. The second-order valence-electron chi connectivity index (χ2n) is 9.88. The van der Waals surface area contributed by atoms with Crippen LogP contribution >= 0.6 is 0 Å². The van der Waals surface area contributed by atoms with Gasteiger partial charge in [-0.25, -0.2) is 0 Å². The van der Waals surface area contributed by atoms with E-state index in [2.05, 4.69) is 0 Å². The highest BCUT2D eigenvalue weighted by Gasteiger charge is 2.49. The Hall–Kier alpha value is -4.67. The molecule has 9 N–H and O–H groups in total. The van der Waals surface area contributed by atoms with E-state index in [0.29, 0.717) is 31.2 Å². The Morgan fingerprint density at radius 1 is 0.905 bits per heavy atom. The van der Waals surface area contributed by atoms with Gasteiger partial charge in [0.1, 0.15) is 6.61 Å². The lowest BCUT2D eigenvalue weighted by molar-refractivity contribution is -0.178. The van der Waals surface area contributed by atoms with Crippen LogP contribution in [-0.4, -0.2) is 107 Å². The van der Waals surface area contributed by atoms with Gasteiger partial charge in [-0.15, -0.1) is 0 Å². The topological polar surface area (TPSA) is 250 Å². The van der Waals surface area contributed by atoms with Crippen molar-refractivity contribution in [2.45, 2.75) is 38.6 Å². The van der Waals surface area contributed by atoms with Crippen molar-refractivity contribution >= 4 is 17.7 Å². The molecule has 1 atom stereocenters. The number of aromatic hydroxyl groups is 4. The van der Waals surface area contributed by atoms with E-state index in [1.165, 1.54) is 0 Å². The fourth-order valence-electron chi connectivity index (χ4n) is 4.67. The van der Waals surface area contributed by atoms with Gasteiger partial charge in [0.2, 0.25) is 23.2 Å². The largest absolute Gasteiger partial charge is 0.504 e. The third kappa shape index (κ3) is 5.46. The van der Waals surface area contributed by atoms with Crippen molar-refractivity contribution in [2.24, 2.45) is 0 Å². The van der Waals surface area contributed by atoms with Gasteiger partial charge >= 0.3 is 0 Å². The summed E-state index contributed by atoms with van der Waals surface area (Å²) in [5.41, 5.74) is -3.81. The minimum atomic E-state index is -2.56. The molecule has 3 heterocycles. The van der Waals surface area contributed by atoms with Gasteiger partial charge < -0.3 is 50.3 Å². The van der Waals surface area contributed by atoms with Gasteiger partial charge in [0.15, 0.2) is 34.5 Å². The van der Waals surface area contributed by atoms with Crippen LogP contribution in [0.15, 0.2) is 34.7 Å².